The van der Waals surface area contributed by atoms with E-state index in [0.717, 1.165) is 6.07 Å². The van der Waals surface area contributed by atoms with Crippen molar-refractivity contribution in [2.45, 2.75) is 41.6 Å². The third-order valence-electron chi connectivity index (χ3n) is 5.10. The van der Waals surface area contributed by atoms with Gasteiger partial charge in [0.1, 0.15) is 0 Å². The molecular formula is C17H22F2N2O5S2. The second-order valence-corrected chi connectivity index (χ2v) is 11.2. The minimum Gasteiger partial charge on any atom is -0.352 e. The molecule has 11 heteroatoms. The summed E-state index contributed by atoms with van der Waals surface area (Å²) < 4.78 is 75.2. The number of carbonyl (C=O) groups is 1. The molecule has 3 rings (SSSR count). The fourth-order valence-corrected chi connectivity index (χ4v) is 6.08. The van der Waals surface area contributed by atoms with Gasteiger partial charge in [0.2, 0.25) is 19.9 Å². The molecule has 0 atom stereocenters. The van der Waals surface area contributed by atoms with Crippen LogP contribution in [0.2, 0.25) is 0 Å². The summed E-state index contributed by atoms with van der Waals surface area (Å²) in [6.45, 7) is 0.991. The molecule has 156 valence electrons. The van der Waals surface area contributed by atoms with Crippen molar-refractivity contribution >= 4 is 25.8 Å². The van der Waals surface area contributed by atoms with E-state index in [2.05, 4.69) is 5.32 Å². The number of rotatable bonds is 7. The lowest BCUT2D eigenvalue weighted by atomic mass is 9.98. The molecule has 28 heavy (non-hydrogen) atoms. The summed E-state index contributed by atoms with van der Waals surface area (Å²) in [6.07, 6.45) is 2.56. The number of piperidine rings is 1. The highest BCUT2D eigenvalue weighted by molar-refractivity contribution is 7.91. The molecule has 1 saturated heterocycles. The van der Waals surface area contributed by atoms with Crippen molar-refractivity contribution < 1.29 is 30.4 Å². The predicted octanol–water partition coefficient (Wildman–Crippen LogP) is 1.62. The van der Waals surface area contributed by atoms with Gasteiger partial charge in [-0.2, -0.15) is 8.78 Å². The van der Waals surface area contributed by atoms with Gasteiger partial charge in [0.25, 0.3) is 5.91 Å². The lowest BCUT2D eigenvalue weighted by Crippen LogP contribution is -2.42. The number of carbonyl (C=O) groups excluding carboxylic acids is 1. The van der Waals surface area contributed by atoms with Crippen LogP contribution in [0.5, 0.6) is 0 Å². The first-order chi connectivity index (χ1) is 13.1. The third-order valence-corrected chi connectivity index (χ3v) is 8.94. The van der Waals surface area contributed by atoms with Crippen molar-refractivity contribution in [1.82, 2.24) is 9.62 Å². The molecule has 1 amide bonds. The van der Waals surface area contributed by atoms with Gasteiger partial charge in [-0.05, 0) is 43.7 Å². The molecule has 0 unspecified atom stereocenters. The second-order valence-electron chi connectivity index (χ2n) is 7.10. The maximum absolute atomic E-state index is 12.8. The fourth-order valence-electron chi connectivity index (χ4n) is 3.28. The van der Waals surface area contributed by atoms with E-state index in [9.17, 15) is 30.4 Å². The summed E-state index contributed by atoms with van der Waals surface area (Å²) in [4.78, 5) is 11.7. The summed E-state index contributed by atoms with van der Waals surface area (Å²) in [5.41, 5.74) is -0.323. The van der Waals surface area contributed by atoms with E-state index in [0.29, 0.717) is 38.8 Å². The van der Waals surface area contributed by atoms with Gasteiger partial charge in [0.05, 0.1) is 15.7 Å². The molecule has 0 spiro atoms. The van der Waals surface area contributed by atoms with Crippen molar-refractivity contribution in [1.29, 1.82) is 0 Å². The van der Waals surface area contributed by atoms with Crippen molar-refractivity contribution in [2.75, 3.05) is 19.6 Å². The van der Waals surface area contributed by atoms with Crippen molar-refractivity contribution in [3.8, 4) is 0 Å². The molecule has 0 radical (unpaired) electrons. The maximum Gasteiger partial charge on any atom is 0.341 e. The monoisotopic (exact) mass is 436 g/mol. The van der Waals surface area contributed by atoms with E-state index >= 15 is 0 Å². The topological polar surface area (TPSA) is 101 Å². The summed E-state index contributed by atoms with van der Waals surface area (Å²) >= 11 is 0. The van der Waals surface area contributed by atoms with Gasteiger partial charge in [-0.1, -0.05) is 12.1 Å². The third kappa shape index (κ3) is 4.36. The van der Waals surface area contributed by atoms with Gasteiger partial charge in [-0.3, -0.25) is 4.79 Å². The zero-order chi connectivity index (χ0) is 20.5. The Morgan fingerprint density at radius 2 is 1.68 bits per heavy atom. The molecule has 1 aromatic carbocycles. The Kier molecular flexibility index (Phi) is 6.06. The standard InChI is InChI=1S/C17H22F2N2O5S2/c18-17(19)27(23,24)15-4-2-1-3-14(15)16(22)20-11-12-7-9-21(10-8-12)28(25,26)13-5-6-13/h1-4,12-13,17H,5-11H2,(H,20,22). The van der Waals surface area contributed by atoms with Crippen LogP contribution in [0.4, 0.5) is 8.78 Å². The molecular weight excluding hydrogens is 414 g/mol. The van der Waals surface area contributed by atoms with Crippen LogP contribution in [0.25, 0.3) is 0 Å². The van der Waals surface area contributed by atoms with Crippen LogP contribution in [0.1, 0.15) is 36.0 Å². The van der Waals surface area contributed by atoms with E-state index in [1.54, 1.807) is 0 Å². The molecule has 0 bridgehead atoms. The van der Waals surface area contributed by atoms with Crippen LogP contribution in [-0.4, -0.2) is 57.7 Å². The Morgan fingerprint density at radius 3 is 2.25 bits per heavy atom. The number of amides is 1. The number of alkyl halides is 2. The van der Waals surface area contributed by atoms with Crippen molar-refractivity contribution in [3.63, 3.8) is 0 Å². The summed E-state index contributed by atoms with van der Waals surface area (Å²) in [7, 11) is -8.10. The Bertz CT molecular complexity index is 938. The summed E-state index contributed by atoms with van der Waals surface area (Å²) in [6, 6.07) is 4.86. The number of hydrogen-bond donors (Lipinski definition) is 1. The minimum absolute atomic E-state index is 0.0356. The molecule has 1 aliphatic heterocycles. The van der Waals surface area contributed by atoms with E-state index < -0.39 is 36.4 Å². The Morgan fingerprint density at radius 1 is 1.07 bits per heavy atom. The maximum atomic E-state index is 12.8. The van der Waals surface area contributed by atoms with Gasteiger partial charge in [-0.15, -0.1) is 0 Å². The number of nitrogens with one attached hydrogen (secondary N) is 1. The zero-order valence-electron chi connectivity index (χ0n) is 15.1. The summed E-state index contributed by atoms with van der Waals surface area (Å²) in [5, 5.41) is 2.34. The molecule has 1 aromatic rings. The first-order valence-corrected chi connectivity index (χ1v) is 12.1. The highest BCUT2D eigenvalue weighted by Crippen LogP contribution is 2.33. The lowest BCUT2D eigenvalue weighted by Gasteiger charge is -2.31. The number of sulfone groups is 1. The largest absolute Gasteiger partial charge is 0.352 e. The van der Waals surface area contributed by atoms with Crippen LogP contribution < -0.4 is 5.32 Å². The molecule has 1 aliphatic carbocycles. The quantitative estimate of drug-likeness (QED) is 0.700. The van der Waals surface area contributed by atoms with Gasteiger partial charge in [0.15, 0.2) is 0 Å². The molecule has 1 N–H and O–H groups in total. The van der Waals surface area contributed by atoms with Crippen LogP contribution >= 0.6 is 0 Å². The Balaban J connectivity index is 1.59. The Labute approximate surface area is 163 Å². The van der Waals surface area contributed by atoms with Crippen LogP contribution in [-0.2, 0) is 19.9 Å². The summed E-state index contributed by atoms with van der Waals surface area (Å²) in [5.74, 6) is -4.32. The lowest BCUT2D eigenvalue weighted by molar-refractivity contribution is 0.0938. The molecule has 7 nitrogen and oxygen atoms in total. The van der Waals surface area contributed by atoms with Gasteiger partial charge < -0.3 is 5.32 Å². The molecule has 1 saturated carbocycles. The SMILES string of the molecule is O=C(NCC1CCN(S(=O)(=O)C2CC2)CC1)c1ccccc1S(=O)(=O)C(F)F. The number of hydrogen-bond acceptors (Lipinski definition) is 5. The molecule has 2 fully saturated rings. The number of nitrogens with zero attached hydrogens (tertiary/aromatic N) is 1. The number of halogens is 2. The van der Waals surface area contributed by atoms with Crippen molar-refractivity contribution in [2.24, 2.45) is 5.92 Å². The van der Waals surface area contributed by atoms with Gasteiger partial charge >= 0.3 is 5.76 Å². The van der Waals surface area contributed by atoms with Crippen LogP contribution in [0.15, 0.2) is 29.2 Å². The highest BCUT2D eigenvalue weighted by atomic mass is 32.2. The highest BCUT2D eigenvalue weighted by Gasteiger charge is 2.41. The average molecular weight is 437 g/mol. The van der Waals surface area contributed by atoms with E-state index in [1.807, 2.05) is 0 Å². The second kappa shape index (κ2) is 8.03. The first kappa shape index (κ1) is 21.1. The van der Waals surface area contributed by atoms with Gasteiger partial charge in [0, 0.05) is 19.6 Å². The minimum atomic E-state index is -4.89. The fraction of sp³-hybridized carbons (Fsp3) is 0.588. The van der Waals surface area contributed by atoms with Crippen molar-refractivity contribution in [3.05, 3.63) is 29.8 Å². The first-order valence-electron chi connectivity index (χ1n) is 9.02. The normalized spacial score (nSPS) is 19.7. The van der Waals surface area contributed by atoms with E-state index in [1.165, 1.54) is 22.5 Å². The van der Waals surface area contributed by atoms with Crippen LogP contribution in [0, 0.1) is 5.92 Å². The van der Waals surface area contributed by atoms with Crippen LogP contribution in [0.3, 0.4) is 0 Å². The molecule has 0 aromatic heterocycles. The van der Waals surface area contributed by atoms with E-state index in [4.69, 9.17) is 0 Å². The number of sulfonamides is 1. The predicted molar refractivity (Wildman–Crippen MR) is 98.2 cm³/mol. The molecule has 2 aliphatic rings. The average Bonchev–Trinajstić information content (AvgIpc) is 3.52. The zero-order valence-corrected chi connectivity index (χ0v) is 16.7. The van der Waals surface area contributed by atoms with Gasteiger partial charge in [-0.25, -0.2) is 21.1 Å². The Hall–Kier alpha value is -1.59. The number of benzene rings is 1. The smallest absolute Gasteiger partial charge is 0.341 e. The molecule has 1 heterocycles. The van der Waals surface area contributed by atoms with E-state index in [-0.39, 0.29) is 23.3 Å².